The van der Waals surface area contributed by atoms with E-state index in [1.165, 1.54) is 42.5 Å². The van der Waals surface area contributed by atoms with Gasteiger partial charge in [0.15, 0.2) is 0 Å². The lowest BCUT2D eigenvalue weighted by molar-refractivity contribution is 0.575. The van der Waals surface area contributed by atoms with Gasteiger partial charge in [-0.1, -0.05) is 26.8 Å². The van der Waals surface area contributed by atoms with Crippen LogP contribution in [0.4, 0.5) is 0 Å². The van der Waals surface area contributed by atoms with Crippen molar-refractivity contribution in [2.24, 2.45) is 0 Å². The maximum absolute atomic E-state index is 4.64. The Bertz CT molecular complexity index is 343. The van der Waals surface area contributed by atoms with Crippen molar-refractivity contribution >= 4 is 0 Å². The monoisotopic (exact) mass is 203 g/mol. The molecule has 82 valence electrons. The number of hydrogen-bond donors (Lipinski definition) is 0. The fraction of sp³-hybridized carbons (Fsp3) is 0.643. The molecule has 1 aromatic heterocycles. The van der Waals surface area contributed by atoms with Gasteiger partial charge in [-0.2, -0.15) is 0 Å². The highest BCUT2D eigenvalue weighted by Gasteiger charge is 2.18. The Morgan fingerprint density at radius 3 is 3.07 bits per heavy atom. The van der Waals surface area contributed by atoms with Crippen LogP contribution < -0.4 is 0 Å². The topological polar surface area (TPSA) is 12.9 Å². The Labute approximate surface area is 92.9 Å². The largest absolute Gasteiger partial charge is 0.261 e. The van der Waals surface area contributed by atoms with Crippen molar-refractivity contribution in [2.45, 2.75) is 58.3 Å². The quantitative estimate of drug-likeness (QED) is 0.707. The molecule has 0 bridgehead atoms. The first-order chi connectivity index (χ1) is 7.22. The number of fused-ring (bicyclic) bond motifs is 1. The van der Waals surface area contributed by atoms with Gasteiger partial charge in [-0.25, -0.2) is 0 Å². The van der Waals surface area contributed by atoms with Crippen LogP contribution in [0.1, 0.15) is 68.7 Å². The van der Waals surface area contributed by atoms with Crippen LogP contribution in [-0.4, -0.2) is 4.98 Å². The molecule has 1 aromatic rings. The van der Waals surface area contributed by atoms with E-state index in [4.69, 9.17) is 0 Å². The molecule has 0 saturated carbocycles. The van der Waals surface area contributed by atoms with Gasteiger partial charge >= 0.3 is 0 Å². The molecule has 0 spiro atoms. The molecule has 1 unspecified atom stereocenters. The number of pyridine rings is 1. The van der Waals surface area contributed by atoms with Crippen LogP contribution in [0, 0.1) is 0 Å². The molecule has 0 fully saturated rings. The van der Waals surface area contributed by atoms with E-state index in [1.807, 2.05) is 0 Å². The Morgan fingerprint density at radius 2 is 2.33 bits per heavy atom. The molecule has 0 radical (unpaired) electrons. The van der Waals surface area contributed by atoms with Crippen molar-refractivity contribution < 1.29 is 0 Å². The highest BCUT2D eigenvalue weighted by Crippen LogP contribution is 2.32. The van der Waals surface area contributed by atoms with Crippen LogP contribution >= 0.6 is 0 Å². The van der Waals surface area contributed by atoms with Crippen LogP contribution in [-0.2, 0) is 6.42 Å². The molecule has 0 amide bonds. The Balaban J connectivity index is 2.35. The third-order valence-electron chi connectivity index (χ3n) is 3.79. The van der Waals surface area contributed by atoms with Crippen LogP contribution in [0.3, 0.4) is 0 Å². The summed E-state index contributed by atoms with van der Waals surface area (Å²) in [5.74, 6) is 1.36. The molecule has 0 N–H and O–H groups in total. The molecule has 2 atom stereocenters. The molecule has 1 aliphatic carbocycles. The van der Waals surface area contributed by atoms with Gasteiger partial charge in [0.2, 0.25) is 0 Å². The van der Waals surface area contributed by atoms with Crippen molar-refractivity contribution in [3.8, 4) is 0 Å². The summed E-state index contributed by atoms with van der Waals surface area (Å²) in [7, 11) is 0. The normalized spacial score (nSPS) is 22.2. The average Bonchev–Trinajstić information content (AvgIpc) is 2.28. The van der Waals surface area contributed by atoms with Gasteiger partial charge in [0.25, 0.3) is 0 Å². The van der Waals surface area contributed by atoms with E-state index >= 15 is 0 Å². The summed E-state index contributed by atoms with van der Waals surface area (Å²) in [6.45, 7) is 6.87. The van der Waals surface area contributed by atoms with E-state index in [1.54, 1.807) is 0 Å². The van der Waals surface area contributed by atoms with Gasteiger partial charge < -0.3 is 0 Å². The summed E-state index contributed by atoms with van der Waals surface area (Å²) in [6.07, 6.45) is 7.11. The molecule has 0 aromatic carbocycles. The number of aryl methyl sites for hydroxylation is 1. The van der Waals surface area contributed by atoms with E-state index in [9.17, 15) is 0 Å². The molecule has 0 saturated heterocycles. The van der Waals surface area contributed by atoms with Crippen LogP contribution in [0.5, 0.6) is 0 Å². The summed E-state index contributed by atoms with van der Waals surface area (Å²) >= 11 is 0. The number of aromatic nitrogens is 1. The lowest BCUT2D eigenvalue weighted by atomic mass is 9.85. The van der Waals surface area contributed by atoms with Gasteiger partial charge in [0.1, 0.15) is 0 Å². The fourth-order valence-electron chi connectivity index (χ4n) is 2.40. The summed E-state index contributed by atoms with van der Waals surface area (Å²) in [6, 6.07) is 2.40. The van der Waals surface area contributed by atoms with Crippen LogP contribution in [0.25, 0.3) is 0 Å². The van der Waals surface area contributed by atoms with Gasteiger partial charge in [-0.05, 0) is 48.6 Å². The van der Waals surface area contributed by atoms with Gasteiger partial charge in [0.05, 0.1) is 0 Å². The van der Waals surface area contributed by atoms with Crippen LogP contribution in [0.2, 0.25) is 0 Å². The van der Waals surface area contributed by atoms with E-state index < -0.39 is 0 Å². The summed E-state index contributed by atoms with van der Waals surface area (Å²) in [4.78, 5) is 4.64. The molecular formula is C14H21N. The molecule has 1 aliphatic rings. The summed E-state index contributed by atoms with van der Waals surface area (Å²) in [5.41, 5.74) is 4.28. The highest BCUT2D eigenvalue weighted by atomic mass is 14.7. The van der Waals surface area contributed by atoms with Crippen molar-refractivity contribution in [3.63, 3.8) is 0 Å². The predicted octanol–water partition coefficient (Wildman–Crippen LogP) is 4.03. The van der Waals surface area contributed by atoms with Crippen molar-refractivity contribution in [3.05, 3.63) is 29.1 Å². The lowest BCUT2D eigenvalue weighted by Gasteiger charge is -2.23. The van der Waals surface area contributed by atoms with Gasteiger partial charge in [-0.15, -0.1) is 0 Å². The molecule has 15 heavy (non-hydrogen) atoms. The smallest absolute Gasteiger partial charge is 0.0438 e. The molecule has 0 aliphatic heterocycles. The minimum Gasteiger partial charge on any atom is -0.261 e. The highest BCUT2D eigenvalue weighted by molar-refractivity contribution is 5.31. The Hall–Kier alpha value is -0.850. The van der Waals surface area contributed by atoms with E-state index in [-0.39, 0.29) is 0 Å². The van der Waals surface area contributed by atoms with Crippen molar-refractivity contribution in [2.75, 3.05) is 0 Å². The number of rotatable bonds is 2. The van der Waals surface area contributed by atoms with Crippen LogP contribution in [0.15, 0.2) is 12.3 Å². The molecular weight excluding hydrogens is 182 g/mol. The molecule has 1 nitrogen and oxygen atoms in total. The van der Waals surface area contributed by atoms with Crippen molar-refractivity contribution in [1.29, 1.82) is 0 Å². The molecule has 1 heteroatoms. The summed E-state index contributed by atoms with van der Waals surface area (Å²) in [5, 5.41) is 0. The van der Waals surface area contributed by atoms with E-state index in [0.29, 0.717) is 11.8 Å². The predicted molar refractivity (Wildman–Crippen MR) is 64.3 cm³/mol. The SMILES string of the molecule is CC[C@H](C)c1cnc2c(c1)C(C)CCC2. The first-order valence-corrected chi connectivity index (χ1v) is 6.21. The second-order valence-corrected chi connectivity index (χ2v) is 4.91. The molecule has 2 rings (SSSR count). The maximum atomic E-state index is 4.64. The van der Waals surface area contributed by atoms with Gasteiger partial charge in [0, 0.05) is 11.9 Å². The zero-order chi connectivity index (χ0) is 10.8. The summed E-state index contributed by atoms with van der Waals surface area (Å²) < 4.78 is 0. The standard InChI is InChI=1S/C14H21N/c1-4-10(2)12-8-13-11(3)6-5-7-14(13)15-9-12/h8-11H,4-7H2,1-3H3/t10-,11?/m0/s1. The third kappa shape index (κ3) is 2.06. The Morgan fingerprint density at radius 1 is 1.53 bits per heavy atom. The van der Waals surface area contributed by atoms with E-state index in [0.717, 1.165) is 0 Å². The minimum atomic E-state index is 0.650. The fourth-order valence-corrected chi connectivity index (χ4v) is 2.40. The average molecular weight is 203 g/mol. The number of hydrogen-bond acceptors (Lipinski definition) is 1. The first kappa shape index (κ1) is 10.7. The third-order valence-corrected chi connectivity index (χ3v) is 3.79. The minimum absolute atomic E-state index is 0.650. The lowest BCUT2D eigenvalue weighted by Crippen LogP contribution is -2.10. The van der Waals surface area contributed by atoms with Crippen molar-refractivity contribution in [1.82, 2.24) is 4.98 Å². The maximum Gasteiger partial charge on any atom is 0.0438 e. The first-order valence-electron chi connectivity index (χ1n) is 6.21. The Kier molecular flexibility index (Phi) is 3.08. The zero-order valence-corrected chi connectivity index (χ0v) is 10.1. The van der Waals surface area contributed by atoms with Gasteiger partial charge in [-0.3, -0.25) is 4.98 Å². The zero-order valence-electron chi connectivity index (χ0n) is 10.1. The second kappa shape index (κ2) is 4.34. The number of nitrogens with zero attached hydrogens (tertiary/aromatic N) is 1. The second-order valence-electron chi connectivity index (χ2n) is 4.91. The van der Waals surface area contributed by atoms with E-state index in [2.05, 4.69) is 38.0 Å². The molecule has 1 heterocycles.